The second-order valence-electron chi connectivity index (χ2n) is 4.81. The van der Waals surface area contributed by atoms with Gasteiger partial charge in [0.25, 0.3) is 0 Å². The molecular formula is C16H17F3N2. The van der Waals surface area contributed by atoms with Gasteiger partial charge in [0, 0.05) is 18.3 Å². The Labute approximate surface area is 121 Å². The zero-order valence-electron chi connectivity index (χ0n) is 11.4. The lowest BCUT2D eigenvalue weighted by Gasteiger charge is -2.21. The van der Waals surface area contributed by atoms with Crippen molar-refractivity contribution < 1.29 is 13.2 Å². The van der Waals surface area contributed by atoms with Gasteiger partial charge < -0.3 is 11.1 Å². The maximum absolute atomic E-state index is 13.0. The highest BCUT2D eigenvalue weighted by Gasteiger charge is 2.33. The zero-order valence-corrected chi connectivity index (χ0v) is 11.4. The van der Waals surface area contributed by atoms with Crippen LogP contribution in [0.3, 0.4) is 0 Å². The first-order chi connectivity index (χ1) is 10.0. The van der Waals surface area contributed by atoms with E-state index in [1.165, 1.54) is 12.1 Å². The van der Waals surface area contributed by atoms with Crippen molar-refractivity contribution in [3.63, 3.8) is 0 Å². The lowest BCUT2D eigenvalue weighted by Crippen LogP contribution is -2.32. The van der Waals surface area contributed by atoms with Gasteiger partial charge in [-0.2, -0.15) is 13.2 Å². The summed E-state index contributed by atoms with van der Waals surface area (Å²) in [4.78, 5) is 0. The van der Waals surface area contributed by atoms with Crippen molar-refractivity contribution in [1.29, 1.82) is 0 Å². The number of rotatable bonds is 5. The molecule has 0 aliphatic carbocycles. The summed E-state index contributed by atoms with van der Waals surface area (Å²) in [5.74, 6) is 0. The smallest absolute Gasteiger partial charge is 0.380 e. The molecule has 5 heteroatoms. The molecule has 2 aromatic rings. The Bertz CT molecular complexity index is 567. The number of hydrogen-bond donors (Lipinski definition) is 2. The Morgan fingerprint density at radius 3 is 2.19 bits per heavy atom. The molecule has 0 saturated heterocycles. The minimum Gasteiger partial charge on any atom is -0.380 e. The molecule has 1 unspecified atom stereocenters. The van der Waals surface area contributed by atoms with E-state index in [0.717, 1.165) is 11.6 Å². The number of nitrogens with one attached hydrogen (secondary N) is 1. The molecule has 0 fully saturated rings. The predicted molar refractivity (Wildman–Crippen MR) is 78.1 cm³/mol. The topological polar surface area (TPSA) is 38.0 Å². The summed E-state index contributed by atoms with van der Waals surface area (Å²) < 4.78 is 38.9. The SMILES string of the molecule is NCC(Cc1ccccc1)Nc1ccccc1C(F)(F)F. The molecular weight excluding hydrogens is 277 g/mol. The molecule has 0 amide bonds. The van der Waals surface area contributed by atoms with E-state index in [1.54, 1.807) is 6.07 Å². The van der Waals surface area contributed by atoms with Gasteiger partial charge in [-0.3, -0.25) is 0 Å². The normalized spacial score (nSPS) is 13.0. The van der Waals surface area contributed by atoms with Gasteiger partial charge in [0.05, 0.1) is 5.56 Å². The minimum atomic E-state index is -4.38. The van der Waals surface area contributed by atoms with E-state index in [-0.39, 0.29) is 18.3 Å². The summed E-state index contributed by atoms with van der Waals surface area (Å²) in [6.07, 6.45) is -3.81. The van der Waals surface area contributed by atoms with E-state index >= 15 is 0 Å². The summed E-state index contributed by atoms with van der Waals surface area (Å²) in [7, 11) is 0. The van der Waals surface area contributed by atoms with E-state index in [4.69, 9.17) is 5.73 Å². The quantitative estimate of drug-likeness (QED) is 0.882. The zero-order chi connectivity index (χ0) is 15.3. The molecule has 0 saturated carbocycles. The van der Waals surface area contributed by atoms with Crippen molar-refractivity contribution in [2.24, 2.45) is 5.73 Å². The molecule has 2 nitrogen and oxygen atoms in total. The molecule has 0 bridgehead atoms. The monoisotopic (exact) mass is 294 g/mol. The molecule has 0 aliphatic heterocycles. The lowest BCUT2D eigenvalue weighted by atomic mass is 10.0. The van der Waals surface area contributed by atoms with Crippen molar-refractivity contribution in [2.75, 3.05) is 11.9 Å². The highest BCUT2D eigenvalue weighted by molar-refractivity contribution is 5.53. The van der Waals surface area contributed by atoms with Gasteiger partial charge in [-0.25, -0.2) is 0 Å². The number of para-hydroxylation sites is 1. The summed E-state index contributed by atoms with van der Waals surface area (Å²) in [5, 5.41) is 2.91. The fraction of sp³-hybridized carbons (Fsp3) is 0.250. The van der Waals surface area contributed by atoms with Crippen molar-refractivity contribution in [3.8, 4) is 0 Å². The fourth-order valence-corrected chi connectivity index (χ4v) is 2.17. The van der Waals surface area contributed by atoms with Crippen LogP contribution < -0.4 is 11.1 Å². The molecule has 0 spiro atoms. The van der Waals surface area contributed by atoms with E-state index < -0.39 is 11.7 Å². The van der Waals surface area contributed by atoms with Crippen LogP contribution in [0.2, 0.25) is 0 Å². The number of alkyl halides is 3. The van der Waals surface area contributed by atoms with Crippen LogP contribution in [0, 0.1) is 0 Å². The first-order valence-electron chi connectivity index (χ1n) is 6.67. The maximum atomic E-state index is 13.0. The highest BCUT2D eigenvalue weighted by atomic mass is 19.4. The van der Waals surface area contributed by atoms with Gasteiger partial charge in [-0.05, 0) is 24.1 Å². The van der Waals surface area contributed by atoms with Crippen molar-refractivity contribution in [2.45, 2.75) is 18.6 Å². The Morgan fingerprint density at radius 1 is 0.952 bits per heavy atom. The van der Waals surface area contributed by atoms with E-state index in [2.05, 4.69) is 5.32 Å². The van der Waals surface area contributed by atoms with Crippen LogP contribution >= 0.6 is 0 Å². The van der Waals surface area contributed by atoms with E-state index in [1.807, 2.05) is 30.3 Å². The van der Waals surface area contributed by atoms with Crippen LogP contribution in [0.5, 0.6) is 0 Å². The number of hydrogen-bond acceptors (Lipinski definition) is 2. The second kappa shape index (κ2) is 6.63. The maximum Gasteiger partial charge on any atom is 0.418 e. The largest absolute Gasteiger partial charge is 0.418 e. The number of nitrogens with two attached hydrogens (primary N) is 1. The molecule has 0 aromatic heterocycles. The molecule has 0 radical (unpaired) electrons. The Morgan fingerprint density at radius 2 is 1.57 bits per heavy atom. The standard InChI is InChI=1S/C16H17F3N2/c17-16(18,19)14-8-4-5-9-15(14)21-13(11-20)10-12-6-2-1-3-7-12/h1-9,13,21H,10-11,20H2. The first-order valence-corrected chi connectivity index (χ1v) is 6.67. The Kier molecular flexibility index (Phi) is 4.85. The molecule has 0 heterocycles. The summed E-state index contributed by atoms with van der Waals surface area (Å²) in [6.45, 7) is 0.251. The molecule has 21 heavy (non-hydrogen) atoms. The number of anilines is 1. The van der Waals surface area contributed by atoms with Gasteiger partial charge in [0.1, 0.15) is 0 Å². The Hall–Kier alpha value is -2.01. The number of halogens is 3. The first kappa shape index (κ1) is 15.4. The van der Waals surface area contributed by atoms with E-state index in [9.17, 15) is 13.2 Å². The van der Waals surface area contributed by atoms with Gasteiger partial charge in [-0.1, -0.05) is 42.5 Å². The van der Waals surface area contributed by atoms with Gasteiger partial charge in [0.15, 0.2) is 0 Å². The van der Waals surface area contributed by atoms with E-state index in [0.29, 0.717) is 6.42 Å². The summed E-state index contributed by atoms with van der Waals surface area (Å²) in [6, 6.07) is 14.7. The minimum absolute atomic E-state index is 0.0661. The lowest BCUT2D eigenvalue weighted by molar-refractivity contribution is -0.137. The summed E-state index contributed by atoms with van der Waals surface area (Å²) in [5.41, 5.74) is 6.11. The molecule has 0 aliphatic rings. The van der Waals surface area contributed by atoms with Gasteiger partial charge in [0.2, 0.25) is 0 Å². The van der Waals surface area contributed by atoms with Crippen molar-refractivity contribution in [1.82, 2.24) is 0 Å². The Balaban J connectivity index is 2.16. The van der Waals surface area contributed by atoms with Crippen LogP contribution in [0.25, 0.3) is 0 Å². The highest BCUT2D eigenvalue weighted by Crippen LogP contribution is 2.34. The van der Waals surface area contributed by atoms with Crippen LogP contribution in [-0.2, 0) is 12.6 Å². The molecule has 2 aromatic carbocycles. The molecule has 1 atom stereocenters. The van der Waals surface area contributed by atoms with Crippen LogP contribution in [-0.4, -0.2) is 12.6 Å². The van der Waals surface area contributed by atoms with Crippen molar-refractivity contribution >= 4 is 5.69 Å². The van der Waals surface area contributed by atoms with Crippen LogP contribution in [0.1, 0.15) is 11.1 Å². The predicted octanol–water partition coefficient (Wildman–Crippen LogP) is 3.69. The molecule has 2 rings (SSSR count). The second-order valence-corrected chi connectivity index (χ2v) is 4.81. The third kappa shape index (κ3) is 4.23. The van der Waals surface area contributed by atoms with Gasteiger partial charge >= 0.3 is 6.18 Å². The number of benzene rings is 2. The molecule has 112 valence electrons. The average Bonchev–Trinajstić information content (AvgIpc) is 2.47. The van der Waals surface area contributed by atoms with Crippen LogP contribution in [0.4, 0.5) is 18.9 Å². The average molecular weight is 294 g/mol. The molecule has 3 N–H and O–H groups in total. The summed E-state index contributed by atoms with van der Waals surface area (Å²) >= 11 is 0. The third-order valence-corrected chi connectivity index (χ3v) is 3.20. The van der Waals surface area contributed by atoms with Gasteiger partial charge in [-0.15, -0.1) is 0 Å². The fourth-order valence-electron chi connectivity index (χ4n) is 2.17. The van der Waals surface area contributed by atoms with Crippen molar-refractivity contribution in [3.05, 3.63) is 65.7 Å². The van der Waals surface area contributed by atoms with Crippen LogP contribution in [0.15, 0.2) is 54.6 Å². The third-order valence-electron chi connectivity index (χ3n) is 3.20.